The maximum Gasteiger partial charge on any atom is 0.0485 e. The van der Waals surface area contributed by atoms with E-state index < -0.39 is 0 Å². The molecule has 0 radical (unpaired) electrons. The zero-order valence-corrected chi connectivity index (χ0v) is 10.3. The fourth-order valence-electron chi connectivity index (χ4n) is 1.69. The van der Waals surface area contributed by atoms with Crippen LogP contribution in [0.25, 0.3) is 11.1 Å². The lowest BCUT2D eigenvalue weighted by Crippen LogP contribution is -1.89. The summed E-state index contributed by atoms with van der Waals surface area (Å²) < 4.78 is 0. The summed E-state index contributed by atoms with van der Waals surface area (Å²) in [5.74, 6) is 0. The number of aryl methyl sites for hydroxylation is 1. The minimum absolute atomic E-state index is 0.677. The van der Waals surface area contributed by atoms with E-state index in [4.69, 9.17) is 28.9 Å². The van der Waals surface area contributed by atoms with Crippen molar-refractivity contribution in [2.75, 3.05) is 5.73 Å². The Morgan fingerprint density at radius 2 is 1.69 bits per heavy atom. The Morgan fingerprint density at radius 1 is 0.938 bits per heavy atom. The van der Waals surface area contributed by atoms with Crippen molar-refractivity contribution in [3.8, 4) is 11.1 Å². The first-order valence-corrected chi connectivity index (χ1v) is 5.65. The normalized spacial score (nSPS) is 10.4. The number of anilines is 1. The molecule has 82 valence electrons. The number of halogens is 2. The molecule has 0 aliphatic rings. The molecule has 0 saturated carbocycles. The van der Waals surface area contributed by atoms with Crippen LogP contribution in [0.3, 0.4) is 0 Å². The fourth-order valence-corrected chi connectivity index (χ4v) is 2.08. The summed E-state index contributed by atoms with van der Waals surface area (Å²) in [5.41, 5.74) is 9.54. The van der Waals surface area contributed by atoms with Crippen molar-refractivity contribution in [1.82, 2.24) is 0 Å². The molecule has 2 aromatic carbocycles. The Hall–Kier alpha value is -1.18. The summed E-state index contributed by atoms with van der Waals surface area (Å²) in [5, 5.41) is 1.37. The lowest BCUT2D eigenvalue weighted by atomic mass is 10.00. The molecule has 2 aromatic rings. The number of hydrogen-bond donors (Lipinski definition) is 1. The lowest BCUT2D eigenvalue weighted by molar-refractivity contribution is 1.46. The van der Waals surface area contributed by atoms with Gasteiger partial charge < -0.3 is 5.73 Å². The van der Waals surface area contributed by atoms with Crippen molar-refractivity contribution in [1.29, 1.82) is 0 Å². The van der Waals surface area contributed by atoms with Gasteiger partial charge in [-0.1, -0.05) is 29.3 Å². The number of nitrogens with two attached hydrogens (primary N) is 1. The number of nitrogen functional groups attached to an aromatic ring is 1. The number of benzene rings is 2. The van der Waals surface area contributed by atoms with E-state index in [1.54, 1.807) is 12.1 Å². The van der Waals surface area contributed by atoms with E-state index in [0.717, 1.165) is 22.4 Å². The summed E-state index contributed by atoms with van der Waals surface area (Å²) in [6.07, 6.45) is 0. The molecule has 0 bridgehead atoms. The van der Waals surface area contributed by atoms with Crippen LogP contribution in [0, 0.1) is 6.92 Å². The zero-order chi connectivity index (χ0) is 11.7. The molecule has 0 fully saturated rings. The van der Waals surface area contributed by atoms with Gasteiger partial charge in [-0.15, -0.1) is 0 Å². The second kappa shape index (κ2) is 4.36. The second-order valence-electron chi connectivity index (χ2n) is 3.70. The van der Waals surface area contributed by atoms with Gasteiger partial charge in [0.1, 0.15) is 0 Å². The van der Waals surface area contributed by atoms with Gasteiger partial charge in [0.05, 0.1) is 0 Å². The van der Waals surface area contributed by atoms with Crippen molar-refractivity contribution in [2.24, 2.45) is 0 Å². The van der Waals surface area contributed by atoms with E-state index in [0.29, 0.717) is 10.0 Å². The van der Waals surface area contributed by atoms with Crippen molar-refractivity contribution >= 4 is 28.9 Å². The largest absolute Gasteiger partial charge is 0.399 e. The summed E-state index contributed by atoms with van der Waals surface area (Å²) in [4.78, 5) is 0. The Balaban J connectivity index is 2.62. The van der Waals surface area contributed by atoms with Gasteiger partial charge in [-0.25, -0.2) is 0 Å². The van der Waals surface area contributed by atoms with E-state index in [2.05, 4.69) is 0 Å². The third kappa shape index (κ3) is 2.16. The molecule has 0 unspecified atom stereocenters. The smallest absolute Gasteiger partial charge is 0.0485 e. The molecule has 0 amide bonds. The fraction of sp³-hybridized carbons (Fsp3) is 0.0769. The molecule has 3 heteroatoms. The molecule has 0 heterocycles. The standard InChI is InChI=1S/C13H11Cl2N/c1-8-6-10(16)3-4-11(8)12-7-9(14)2-5-13(12)15/h2-7H,16H2,1H3. The summed E-state index contributed by atoms with van der Waals surface area (Å²) in [7, 11) is 0. The first kappa shape index (κ1) is 11.3. The quantitative estimate of drug-likeness (QED) is 0.740. The minimum atomic E-state index is 0.677. The molecule has 0 aliphatic carbocycles. The Kier molecular flexibility index (Phi) is 3.08. The molecule has 16 heavy (non-hydrogen) atoms. The van der Waals surface area contributed by atoms with Crippen molar-refractivity contribution in [2.45, 2.75) is 6.92 Å². The van der Waals surface area contributed by atoms with Crippen LogP contribution >= 0.6 is 23.2 Å². The monoisotopic (exact) mass is 251 g/mol. The molecule has 0 spiro atoms. The first-order chi connectivity index (χ1) is 7.58. The highest BCUT2D eigenvalue weighted by Gasteiger charge is 2.07. The van der Waals surface area contributed by atoms with Crippen LogP contribution in [-0.2, 0) is 0 Å². The molecule has 0 atom stereocenters. The molecular weight excluding hydrogens is 241 g/mol. The van der Waals surface area contributed by atoms with Crippen LogP contribution in [0.2, 0.25) is 10.0 Å². The van der Waals surface area contributed by atoms with E-state index in [1.165, 1.54) is 0 Å². The van der Waals surface area contributed by atoms with Crippen LogP contribution in [0.5, 0.6) is 0 Å². The molecular formula is C13H11Cl2N. The van der Waals surface area contributed by atoms with Crippen LogP contribution < -0.4 is 5.73 Å². The van der Waals surface area contributed by atoms with Gasteiger partial charge in [-0.05, 0) is 48.4 Å². The number of hydrogen-bond acceptors (Lipinski definition) is 1. The number of rotatable bonds is 1. The summed E-state index contributed by atoms with van der Waals surface area (Å²) in [6.45, 7) is 2.00. The Bertz CT molecular complexity index is 535. The maximum atomic E-state index is 6.15. The molecule has 0 saturated heterocycles. The Morgan fingerprint density at radius 3 is 2.38 bits per heavy atom. The predicted molar refractivity (Wildman–Crippen MR) is 71.0 cm³/mol. The van der Waals surface area contributed by atoms with E-state index in [1.807, 2.05) is 31.2 Å². The van der Waals surface area contributed by atoms with Gasteiger partial charge in [0, 0.05) is 21.3 Å². The topological polar surface area (TPSA) is 26.0 Å². The van der Waals surface area contributed by atoms with Gasteiger partial charge >= 0.3 is 0 Å². The van der Waals surface area contributed by atoms with Crippen molar-refractivity contribution in [3.05, 3.63) is 52.0 Å². The first-order valence-electron chi connectivity index (χ1n) is 4.89. The molecule has 0 aromatic heterocycles. The summed E-state index contributed by atoms with van der Waals surface area (Å²) in [6, 6.07) is 11.2. The second-order valence-corrected chi connectivity index (χ2v) is 4.54. The predicted octanol–water partition coefficient (Wildman–Crippen LogP) is 4.55. The SMILES string of the molecule is Cc1cc(N)ccc1-c1cc(Cl)ccc1Cl. The molecule has 0 aliphatic heterocycles. The maximum absolute atomic E-state index is 6.15. The van der Waals surface area contributed by atoms with Crippen LogP contribution in [0.1, 0.15) is 5.56 Å². The summed E-state index contributed by atoms with van der Waals surface area (Å²) >= 11 is 12.1. The van der Waals surface area contributed by atoms with E-state index >= 15 is 0 Å². The average molecular weight is 252 g/mol. The van der Waals surface area contributed by atoms with Crippen molar-refractivity contribution < 1.29 is 0 Å². The van der Waals surface area contributed by atoms with E-state index in [9.17, 15) is 0 Å². The van der Waals surface area contributed by atoms with Crippen LogP contribution in [-0.4, -0.2) is 0 Å². The van der Waals surface area contributed by atoms with Crippen molar-refractivity contribution in [3.63, 3.8) is 0 Å². The molecule has 1 nitrogen and oxygen atoms in total. The molecule has 2 N–H and O–H groups in total. The van der Waals surface area contributed by atoms with Gasteiger partial charge in [0.2, 0.25) is 0 Å². The van der Waals surface area contributed by atoms with Crippen LogP contribution in [0.4, 0.5) is 5.69 Å². The van der Waals surface area contributed by atoms with Gasteiger partial charge in [0.25, 0.3) is 0 Å². The third-order valence-corrected chi connectivity index (χ3v) is 3.03. The highest BCUT2D eigenvalue weighted by atomic mass is 35.5. The van der Waals surface area contributed by atoms with Crippen LogP contribution in [0.15, 0.2) is 36.4 Å². The molecule has 2 rings (SSSR count). The lowest BCUT2D eigenvalue weighted by Gasteiger charge is -2.09. The van der Waals surface area contributed by atoms with Gasteiger partial charge in [-0.2, -0.15) is 0 Å². The zero-order valence-electron chi connectivity index (χ0n) is 8.80. The minimum Gasteiger partial charge on any atom is -0.399 e. The third-order valence-electron chi connectivity index (χ3n) is 2.47. The van der Waals surface area contributed by atoms with Gasteiger partial charge in [0.15, 0.2) is 0 Å². The van der Waals surface area contributed by atoms with E-state index in [-0.39, 0.29) is 0 Å². The Labute approximate surface area is 105 Å². The average Bonchev–Trinajstić information content (AvgIpc) is 2.22. The van der Waals surface area contributed by atoms with Gasteiger partial charge in [-0.3, -0.25) is 0 Å². The highest BCUT2D eigenvalue weighted by molar-refractivity contribution is 6.35. The highest BCUT2D eigenvalue weighted by Crippen LogP contribution is 2.33.